The molecule has 8 saturated heterocycles. The molecule has 4 saturated carbocycles. The molecular formula is C63H104O33. The van der Waals surface area contributed by atoms with Crippen LogP contribution in [0.3, 0.4) is 0 Å². The fourth-order valence-electron chi connectivity index (χ4n) is 19.0. The Balaban J connectivity index is 0.723. The van der Waals surface area contributed by atoms with Gasteiger partial charge >= 0.3 is 0 Å². The van der Waals surface area contributed by atoms with Crippen LogP contribution in [0.5, 0.6) is 0 Å². The van der Waals surface area contributed by atoms with E-state index in [4.69, 9.17) is 66.3 Å². The molecule has 8 aliphatic heterocycles. The van der Waals surface area contributed by atoms with Crippen molar-refractivity contribution in [2.45, 2.75) is 294 Å². The van der Waals surface area contributed by atoms with Crippen LogP contribution in [0.2, 0.25) is 0 Å². The normalized spacial score (nSPS) is 56.8. The summed E-state index contributed by atoms with van der Waals surface area (Å²) in [4.78, 5) is 0. The first-order valence-electron chi connectivity index (χ1n) is 34.4. The van der Waals surface area contributed by atoms with Gasteiger partial charge < -0.3 is 163 Å². The van der Waals surface area contributed by atoms with Gasteiger partial charge in [0.15, 0.2) is 43.5 Å². The van der Waals surface area contributed by atoms with Crippen LogP contribution in [0.4, 0.5) is 0 Å². The average molecular weight is 1390 g/mol. The van der Waals surface area contributed by atoms with Gasteiger partial charge in [0, 0.05) is 12.3 Å². The van der Waals surface area contributed by atoms with E-state index in [1.807, 2.05) is 0 Å². The van der Waals surface area contributed by atoms with E-state index in [1.54, 1.807) is 0 Å². The van der Waals surface area contributed by atoms with Crippen LogP contribution in [0.15, 0.2) is 0 Å². The molecule has 0 bridgehead atoms. The van der Waals surface area contributed by atoms with Crippen LogP contribution < -0.4 is 0 Å². The zero-order valence-corrected chi connectivity index (χ0v) is 54.3. The Morgan fingerprint density at radius 1 is 0.385 bits per heavy atom. The molecule has 12 rings (SSSR count). The fourth-order valence-corrected chi connectivity index (χ4v) is 19.0. The van der Waals surface area contributed by atoms with Crippen LogP contribution in [-0.2, 0) is 66.3 Å². The van der Waals surface area contributed by atoms with Gasteiger partial charge in [-0.2, -0.15) is 0 Å². The zero-order valence-electron chi connectivity index (χ0n) is 54.3. The number of fused-ring (bicyclic) bond motifs is 7. The van der Waals surface area contributed by atoms with Crippen molar-refractivity contribution in [2.75, 3.05) is 46.2 Å². The molecule has 554 valence electrons. The van der Waals surface area contributed by atoms with E-state index < -0.39 is 236 Å². The topological polar surface area (TPSA) is 514 Å². The van der Waals surface area contributed by atoms with Gasteiger partial charge in [0.1, 0.15) is 146 Å². The van der Waals surface area contributed by atoms with Gasteiger partial charge in [-0.05, 0) is 104 Å². The Kier molecular flexibility index (Phi) is 23.0. The maximum absolute atomic E-state index is 12.1. The molecule has 0 amide bonds. The number of hydrogen-bond acceptors (Lipinski definition) is 33. The molecule has 33 heteroatoms. The van der Waals surface area contributed by atoms with E-state index in [-0.39, 0.29) is 22.9 Å². The summed E-state index contributed by atoms with van der Waals surface area (Å²) in [5.74, 6) is 2.61. The third-order valence-corrected chi connectivity index (χ3v) is 24.6. The number of aliphatic hydroxyl groups excluding tert-OH is 19. The second kappa shape index (κ2) is 29.7. The Morgan fingerprint density at radius 3 is 1.34 bits per heavy atom. The lowest BCUT2D eigenvalue weighted by Crippen LogP contribution is -2.68. The zero-order chi connectivity index (χ0) is 68.9. The third kappa shape index (κ3) is 13.3. The fraction of sp³-hybridized carbons (Fsp3) is 1.00. The lowest BCUT2D eigenvalue weighted by atomic mass is 9.44. The first-order valence-corrected chi connectivity index (χ1v) is 34.4. The molecule has 12 fully saturated rings. The van der Waals surface area contributed by atoms with Crippen molar-refractivity contribution < 1.29 is 163 Å². The van der Waals surface area contributed by atoms with Crippen molar-refractivity contribution in [3.05, 3.63) is 0 Å². The highest BCUT2D eigenvalue weighted by Gasteiger charge is 2.70. The highest BCUT2D eigenvalue weighted by molar-refractivity contribution is 5.16. The summed E-state index contributed by atoms with van der Waals surface area (Å²) in [5.41, 5.74) is 0.157. The van der Waals surface area contributed by atoms with Crippen molar-refractivity contribution >= 4 is 0 Å². The van der Waals surface area contributed by atoms with Crippen LogP contribution in [0, 0.1) is 52.3 Å². The lowest BCUT2D eigenvalue weighted by molar-refractivity contribution is -0.400. The standard InChI is InChI=1S/C63H104O33/c1-22-7-12-63(84-20-22)23(2)36-29(96-63)14-28-26-6-5-24-13-25(8-10-61(24,3)27(26)9-11-62(28,36)4)85-56-49(81)44(76)53(34(19-68)89-56)94-60-54(95-59-50(82)45(77)52(33(18-67)90-59)93-58-47(79)41(73)38(70)31(16-65)87-58)42(74)39(71)35(91-60)21-83-55-48(80)43(75)51(32(17-66)88-55)92-57-46(78)40(72)37(69)30(15-64)86-57/h22-60,64-82H,5-21H2,1-4H3/t22-,23-,24+,25?,26?,27?,28?,29?,30+,31?,32+,33+,34+,35+,36?,37+,38+,39+,40-,41-,42-,43+,44+,45+,46+,47+,48+,49+,50+,51-,52-,53+,54+,55+,56+,57-,58-,59-,60-,61-,62-,63+/m0/s1. The highest BCUT2D eigenvalue weighted by Crippen LogP contribution is 2.71. The molecule has 19 N–H and O–H groups in total. The predicted octanol–water partition coefficient (Wildman–Crippen LogP) is -7.26. The van der Waals surface area contributed by atoms with Gasteiger partial charge in [0.05, 0.1) is 58.5 Å². The first kappa shape index (κ1) is 74.4. The first-order chi connectivity index (χ1) is 45.6. The summed E-state index contributed by atoms with van der Waals surface area (Å²) in [7, 11) is 0. The second-order valence-corrected chi connectivity index (χ2v) is 30.0. The van der Waals surface area contributed by atoms with E-state index in [0.29, 0.717) is 48.3 Å². The van der Waals surface area contributed by atoms with Crippen molar-refractivity contribution in [1.29, 1.82) is 0 Å². The van der Waals surface area contributed by atoms with E-state index >= 15 is 0 Å². The predicted molar refractivity (Wildman–Crippen MR) is 314 cm³/mol. The maximum atomic E-state index is 12.1. The number of ether oxygens (including phenoxy) is 14. The Hall–Kier alpha value is -1.32. The maximum Gasteiger partial charge on any atom is 0.187 e. The molecule has 0 aromatic carbocycles. The third-order valence-electron chi connectivity index (χ3n) is 24.6. The summed E-state index contributed by atoms with van der Waals surface area (Å²) in [6, 6.07) is 0. The molecule has 0 aromatic rings. The molecule has 0 aromatic heterocycles. The van der Waals surface area contributed by atoms with Crippen LogP contribution in [0.1, 0.15) is 91.9 Å². The molecule has 42 atom stereocenters. The molecule has 12 aliphatic rings. The van der Waals surface area contributed by atoms with Crippen LogP contribution in [0.25, 0.3) is 0 Å². The van der Waals surface area contributed by atoms with Crippen molar-refractivity contribution in [3.8, 4) is 0 Å². The minimum Gasteiger partial charge on any atom is -0.394 e. The van der Waals surface area contributed by atoms with Gasteiger partial charge in [0.2, 0.25) is 0 Å². The van der Waals surface area contributed by atoms with Gasteiger partial charge in [0.25, 0.3) is 0 Å². The van der Waals surface area contributed by atoms with E-state index in [2.05, 4.69) is 27.7 Å². The Morgan fingerprint density at radius 2 is 0.823 bits per heavy atom. The summed E-state index contributed by atoms with van der Waals surface area (Å²) in [6.45, 7) is 4.82. The van der Waals surface area contributed by atoms with Gasteiger partial charge in [-0.15, -0.1) is 0 Å². The highest BCUT2D eigenvalue weighted by atomic mass is 16.8. The van der Waals surface area contributed by atoms with E-state index in [9.17, 15) is 97.0 Å². The molecule has 8 heterocycles. The molecule has 7 unspecified atom stereocenters. The monoisotopic (exact) mass is 1390 g/mol. The van der Waals surface area contributed by atoms with Crippen molar-refractivity contribution in [2.24, 2.45) is 52.3 Å². The van der Waals surface area contributed by atoms with E-state index in [1.165, 1.54) is 0 Å². The molecule has 96 heavy (non-hydrogen) atoms. The molecule has 0 radical (unpaired) electrons. The van der Waals surface area contributed by atoms with Gasteiger partial charge in [-0.1, -0.05) is 27.7 Å². The number of hydrogen-bond donors (Lipinski definition) is 19. The smallest absolute Gasteiger partial charge is 0.187 e. The Labute approximate surface area is 554 Å². The quantitative estimate of drug-likeness (QED) is 0.0567. The molecule has 1 spiro atoms. The summed E-state index contributed by atoms with van der Waals surface area (Å²) < 4.78 is 84.4. The number of aliphatic hydroxyl groups is 19. The van der Waals surface area contributed by atoms with Crippen LogP contribution >= 0.6 is 0 Å². The van der Waals surface area contributed by atoms with Gasteiger partial charge in [-0.25, -0.2) is 0 Å². The molecular weight excluding hydrogens is 1280 g/mol. The Bertz CT molecular complexity index is 2520. The SMILES string of the molecule is C[C@H]1CC[C@@]2(OC1)OC1CC3C4CC[C@@H]5CC(O[C@@H]6O[C@H](CO)[C@@H](O[C@@H]7O[C@H](CO[C@@H]8O[C@H](CO)[C@H](O[C@@H]9O[C@H](CO)[C@@H](O)[C@H](O)[C@H]9O)[C@H](O)[C@H]8O)[C@@H](O)[C@H](O)[C@H]7O[C@@H]7O[C@H](CO)[C@H](O[C@@H]8OC(CO)[C@@H](O)[C@H](O)[C@H]8O)[C@H](O)[C@H]7O)[C@H](O)[C@H]6O)CC[C@]5(C)C4CC[C@]3(C)C1[C@@H]2C. The minimum absolute atomic E-state index is 0.0136. The second-order valence-electron chi connectivity index (χ2n) is 30.0. The van der Waals surface area contributed by atoms with Crippen LogP contribution in [-0.4, -0.2) is 346 Å². The average Bonchev–Trinajstić information content (AvgIpc) is 1.51. The molecule has 33 nitrogen and oxygen atoms in total. The van der Waals surface area contributed by atoms with E-state index in [0.717, 1.165) is 58.0 Å². The molecule has 4 aliphatic carbocycles. The van der Waals surface area contributed by atoms with Crippen molar-refractivity contribution in [1.82, 2.24) is 0 Å². The number of rotatable bonds is 18. The van der Waals surface area contributed by atoms with Crippen molar-refractivity contribution in [3.63, 3.8) is 0 Å². The van der Waals surface area contributed by atoms with Gasteiger partial charge in [-0.3, -0.25) is 0 Å². The minimum atomic E-state index is -2.23. The summed E-state index contributed by atoms with van der Waals surface area (Å²) in [5, 5.41) is 207. The summed E-state index contributed by atoms with van der Waals surface area (Å²) in [6.07, 6.45) is -47.2. The summed E-state index contributed by atoms with van der Waals surface area (Å²) >= 11 is 0. The lowest BCUT2D eigenvalue weighted by Gasteiger charge is -2.61. The largest absolute Gasteiger partial charge is 0.394 e.